The van der Waals surface area contributed by atoms with E-state index < -0.39 is 27.4 Å². The average molecular weight is 509 g/mol. The summed E-state index contributed by atoms with van der Waals surface area (Å²) in [6.45, 7) is 3.45. The molecule has 0 aliphatic heterocycles. The maximum Gasteiger partial charge on any atom is 0.337 e. The number of fused-ring (bicyclic) bond motifs is 1. The summed E-state index contributed by atoms with van der Waals surface area (Å²) in [5, 5.41) is 0.816. The van der Waals surface area contributed by atoms with Crippen LogP contribution in [-0.2, 0) is 27.8 Å². The lowest BCUT2D eigenvalue weighted by Gasteiger charge is -2.23. The third-order valence-electron chi connectivity index (χ3n) is 6.03. The summed E-state index contributed by atoms with van der Waals surface area (Å²) >= 11 is 0. The fraction of sp³-hybridized carbons (Fsp3) is 0.185. The van der Waals surface area contributed by atoms with Crippen LogP contribution >= 0.6 is 0 Å². The number of carbonyl (C=O) groups is 1. The van der Waals surface area contributed by atoms with Crippen LogP contribution in [-0.4, -0.2) is 30.8 Å². The number of nitrogens with zero attached hydrogens (tertiary/aromatic N) is 1. The van der Waals surface area contributed by atoms with Gasteiger partial charge in [-0.2, -0.15) is 4.31 Å². The molecule has 0 aliphatic rings. The Morgan fingerprint density at radius 3 is 2.36 bits per heavy atom. The Bertz CT molecular complexity index is 1610. The monoisotopic (exact) mass is 508 g/mol. The molecule has 4 aromatic rings. The molecule has 7 nitrogen and oxygen atoms in total. The van der Waals surface area contributed by atoms with Crippen molar-refractivity contribution in [2.24, 2.45) is 0 Å². The molecule has 0 atom stereocenters. The first kappa shape index (κ1) is 25.3. The van der Waals surface area contributed by atoms with Gasteiger partial charge in [-0.25, -0.2) is 17.6 Å². The summed E-state index contributed by atoms with van der Waals surface area (Å²) in [5.74, 6) is -1.12. The van der Waals surface area contributed by atoms with Crippen molar-refractivity contribution in [3.8, 4) is 0 Å². The van der Waals surface area contributed by atoms with Gasteiger partial charge in [0.1, 0.15) is 5.82 Å². The van der Waals surface area contributed by atoms with E-state index in [9.17, 15) is 22.4 Å². The predicted molar refractivity (Wildman–Crippen MR) is 135 cm³/mol. The summed E-state index contributed by atoms with van der Waals surface area (Å²) < 4.78 is 46.8. The van der Waals surface area contributed by atoms with Gasteiger partial charge in [0.05, 0.1) is 23.1 Å². The number of benzene rings is 3. The van der Waals surface area contributed by atoms with E-state index in [0.717, 1.165) is 20.8 Å². The molecule has 1 aromatic heterocycles. The Morgan fingerprint density at radius 1 is 0.972 bits per heavy atom. The standard InChI is InChI=1S/C27H25FN2O5S/c1-17-7-8-18(2)25-24(17)14-21(26(31)29-25)16-30(15-19-9-11-22(28)12-10-19)36(33,34)23-6-4-5-20(13-23)27(32)35-3/h4-14H,15-16H2,1-3H3,(H,29,31). The molecule has 0 radical (unpaired) electrons. The number of carbonyl (C=O) groups excluding carboxylic acids is 1. The van der Waals surface area contributed by atoms with Crippen molar-refractivity contribution in [1.82, 2.24) is 9.29 Å². The molecule has 0 spiro atoms. The number of sulfonamides is 1. The zero-order chi connectivity index (χ0) is 26.0. The average Bonchev–Trinajstić information content (AvgIpc) is 2.87. The van der Waals surface area contributed by atoms with Gasteiger partial charge in [-0.15, -0.1) is 0 Å². The smallest absolute Gasteiger partial charge is 0.337 e. The van der Waals surface area contributed by atoms with Gasteiger partial charge in [0.2, 0.25) is 10.0 Å². The Hall–Kier alpha value is -3.82. The SMILES string of the molecule is COC(=O)c1cccc(S(=O)(=O)N(Cc2ccc(F)cc2)Cc2cc3c(C)ccc(C)c3[nH]c2=O)c1. The van der Waals surface area contributed by atoms with Crippen molar-refractivity contribution in [3.63, 3.8) is 0 Å². The highest BCUT2D eigenvalue weighted by atomic mass is 32.2. The maximum atomic E-state index is 13.8. The lowest BCUT2D eigenvalue weighted by atomic mass is 10.0. The van der Waals surface area contributed by atoms with Crippen molar-refractivity contribution in [3.05, 3.63) is 111 Å². The fourth-order valence-electron chi connectivity index (χ4n) is 4.00. The van der Waals surface area contributed by atoms with E-state index in [1.807, 2.05) is 26.0 Å². The van der Waals surface area contributed by atoms with Crippen molar-refractivity contribution in [2.75, 3.05) is 7.11 Å². The van der Waals surface area contributed by atoms with Crippen molar-refractivity contribution >= 4 is 26.9 Å². The summed E-state index contributed by atoms with van der Waals surface area (Å²) in [6.07, 6.45) is 0. The van der Waals surface area contributed by atoms with E-state index in [1.165, 1.54) is 55.6 Å². The second-order valence-electron chi connectivity index (χ2n) is 8.53. The number of methoxy groups -OCH3 is 1. The minimum absolute atomic E-state index is 0.0787. The third-order valence-corrected chi connectivity index (χ3v) is 7.82. The zero-order valence-corrected chi connectivity index (χ0v) is 20.9. The number of pyridine rings is 1. The van der Waals surface area contributed by atoms with E-state index in [-0.39, 0.29) is 29.1 Å². The first-order valence-corrected chi connectivity index (χ1v) is 12.6. The molecule has 0 saturated heterocycles. The van der Waals surface area contributed by atoms with Crippen LogP contribution in [0.1, 0.15) is 32.6 Å². The van der Waals surface area contributed by atoms with Gasteiger partial charge in [0, 0.05) is 24.0 Å². The molecule has 36 heavy (non-hydrogen) atoms. The van der Waals surface area contributed by atoms with Gasteiger partial charge in [-0.3, -0.25) is 4.79 Å². The van der Waals surface area contributed by atoms with Crippen molar-refractivity contribution in [2.45, 2.75) is 31.8 Å². The Morgan fingerprint density at radius 2 is 1.67 bits per heavy atom. The molecule has 9 heteroatoms. The summed E-state index contributed by atoms with van der Waals surface area (Å²) in [5.41, 5.74) is 3.00. The van der Waals surface area contributed by atoms with Gasteiger partial charge in [0.15, 0.2) is 0 Å². The Balaban J connectivity index is 1.82. The lowest BCUT2D eigenvalue weighted by molar-refractivity contribution is 0.0600. The number of aromatic nitrogens is 1. The molecule has 0 saturated carbocycles. The number of rotatable bonds is 7. The number of halogens is 1. The van der Waals surface area contributed by atoms with E-state index in [2.05, 4.69) is 4.98 Å². The van der Waals surface area contributed by atoms with E-state index in [0.29, 0.717) is 11.1 Å². The van der Waals surface area contributed by atoms with E-state index in [4.69, 9.17) is 4.74 Å². The predicted octanol–water partition coefficient (Wildman–Crippen LogP) is 4.46. The van der Waals surface area contributed by atoms with Gasteiger partial charge < -0.3 is 9.72 Å². The van der Waals surface area contributed by atoms with Crippen LogP contribution in [0.25, 0.3) is 10.9 Å². The molecule has 0 unspecified atom stereocenters. The molecular formula is C27H25FN2O5S. The molecule has 0 fully saturated rings. The van der Waals surface area contributed by atoms with Crippen LogP contribution in [0.5, 0.6) is 0 Å². The zero-order valence-electron chi connectivity index (χ0n) is 20.0. The fourth-order valence-corrected chi connectivity index (χ4v) is 5.45. The van der Waals surface area contributed by atoms with Crippen LogP contribution in [0.2, 0.25) is 0 Å². The highest BCUT2D eigenvalue weighted by Gasteiger charge is 2.27. The van der Waals surface area contributed by atoms with Crippen LogP contribution in [0.4, 0.5) is 4.39 Å². The molecule has 1 N–H and O–H groups in total. The van der Waals surface area contributed by atoms with Crippen LogP contribution < -0.4 is 5.56 Å². The first-order valence-electron chi connectivity index (χ1n) is 11.1. The molecule has 0 bridgehead atoms. The highest BCUT2D eigenvalue weighted by Crippen LogP contribution is 2.24. The number of aromatic amines is 1. The van der Waals surface area contributed by atoms with Gasteiger partial charge in [-0.05, 0) is 66.9 Å². The van der Waals surface area contributed by atoms with Gasteiger partial charge in [-0.1, -0.05) is 30.3 Å². The molecular weight excluding hydrogens is 483 g/mol. The van der Waals surface area contributed by atoms with Crippen molar-refractivity contribution in [1.29, 1.82) is 0 Å². The third kappa shape index (κ3) is 5.07. The number of hydrogen-bond acceptors (Lipinski definition) is 5. The number of hydrogen-bond donors (Lipinski definition) is 1. The largest absolute Gasteiger partial charge is 0.465 e. The molecule has 1 heterocycles. The number of aryl methyl sites for hydroxylation is 2. The summed E-state index contributed by atoms with van der Waals surface area (Å²) in [6, 6.07) is 16.5. The Labute approximate surface area is 208 Å². The van der Waals surface area contributed by atoms with E-state index in [1.54, 1.807) is 6.07 Å². The minimum Gasteiger partial charge on any atom is -0.465 e. The second kappa shape index (κ2) is 10.0. The quantitative estimate of drug-likeness (QED) is 0.372. The summed E-state index contributed by atoms with van der Waals surface area (Å²) in [7, 11) is -2.97. The topological polar surface area (TPSA) is 96.5 Å². The van der Waals surface area contributed by atoms with Crippen LogP contribution in [0.3, 0.4) is 0 Å². The molecule has 4 rings (SSSR count). The van der Waals surface area contributed by atoms with Crippen molar-refractivity contribution < 1.29 is 22.3 Å². The first-order chi connectivity index (χ1) is 17.1. The second-order valence-corrected chi connectivity index (χ2v) is 10.5. The highest BCUT2D eigenvalue weighted by molar-refractivity contribution is 7.89. The van der Waals surface area contributed by atoms with Gasteiger partial charge in [0.25, 0.3) is 5.56 Å². The Kier molecular flexibility index (Phi) is 7.05. The number of H-pyrrole nitrogens is 1. The van der Waals surface area contributed by atoms with E-state index >= 15 is 0 Å². The maximum absolute atomic E-state index is 13.8. The summed E-state index contributed by atoms with van der Waals surface area (Å²) in [4.78, 5) is 27.7. The van der Waals surface area contributed by atoms with Gasteiger partial charge >= 0.3 is 5.97 Å². The van der Waals surface area contributed by atoms with Crippen LogP contribution in [0.15, 0.2) is 76.4 Å². The number of ether oxygens (including phenoxy) is 1. The molecule has 3 aromatic carbocycles. The molecule has 186 valence electrons. The molecule has 0 aliphatic carbocycles. The lowest BCUT2D eigenvalue weighted by Crippen LogP contribution is -2.32. The molecule has 0 amide bonds. The minimum atomic E-state index is -4.18. The number of esters is 1. The van der Waals surface area contributed by atoms with Crippen LogP contribution in [0, 0.1) is 19.7 Å². The number of nitrogens with one attached hydrogen (secondary N) is 1. The normalized spacial score (nSPS) is 11.7.